The molecule has 0 spiro atoms. The van der Waals surface area contributed by atoms with Gasteiger partial charge in [0.2, 0.25) is 0 Å². The largest absolute Gasteiger partial charge is 0.354 e. The minimum absolute atomic E-state index is 0.846. The normalized spacial score (nSPS) is 12.1. The van der Waals surface area contributed by atoms with Crippen molar-refractivity contribution in [2.75, 3.05) is 0 Å². The van der Waals surface area contributed by atoms with Crippen LogP contribution in [0, 0.1) is 22.9 Å². The van der Waals surface area contributed by atoms with Crippen LogP contribution in [-0.2, 0) is 0 Å². The number of hydrogen-bond acceptors (Lipinski definition) is 4. The van der Waals surface area contributed by atoms with Crippen molar-refractivity contribution >= 4 is 62.5 Å². The van der Waals surface area contributed by atoms with Crippen molar-refractivity contribution in [1.29, 1.82) is 0 Å². The van der Waals surface area contributed by atoms with E-state index in [4.69, 9.17) is 9.97 Å². The van der Waals surface area contributed by atoms with Crippen LogP contribution in [0.5, 0.6) is 0 Å². The summed E-state index contributed by atoms with van der Waals surface area (Å²) in [7, 11) is -3.20. The van der Waals surface area contributed by atoms with Crippen LogP contribution < -0.4 is 0 Å². The van der Waals surface area contributed by atoms with Gasteiger partial charge in [-0.15, -0.1) is 11.1 Å². The SMILES string of the molecule is C[Si](C)(C)C#Cc1cccc(-c2c3nc(c(-c4ccncc4)c4ccc([nH]4)c(-c4cccc(C#C[Si](C)(C)C)c4)c4nc(c(-c5ccncc5)c5ccc2[nH]5)C=C4)C=C3)c1. The molecule has 0 atom stereocenters. The van der Waals surface area contributed by atoms with Crippen LogP contribution in [0.3, 0.4) is 0 Å². The first-order chi connectivity index (χ1) is 29.0. The van der Waals surface area contributed by atoms with Crippen LogP contribution in [0.1, 0.15) is 33.9 Å². The summed E-state index contributed by atoms with van der Waals surface area (Å²) < 4.78 is 0. The summed E-state index contributed by atoms with van der Waals surface area (Å²) in [6.45, 7) is 13.6. The molecule has 9 rings (SSSR count). The number of aromatic nitrogens is 6. The Morgan fingerprint density at radius 3 is 1.07 bits per heavy atom. The predicted octanol–water partition coefficient (Wildman–Crippen LogP) is 12.6. The summed E-state index contributed by atoms with van der Waals surface area (Å²) in [4.78, 5) is 27.3. The van der Waals surface area contributed by atoms with Crippen LogP contribution in [0.15, 0.2) is 122 Å². The molecule has 2 aliphatic rings. The first-order valence-corrected chi connectivity index (χ1v) is 27.2. The van der Waals surface area contributed by atoms with Gasteiger partial charge in [-0.2, -0.15) is 0 Å². The Bertz CT molecular complexity index is 2960. The maximum atomic E-state index is 5.45. The van der Waals surface area contributed by atoms with Crippen molar-refractivity contribution in [1.82, 2.24) is 29.9 Å². The Kier molecular flexibility index (Phi) is 9.97. The molecule has 6 nitrogen and oxygen atoms in total. The number of nitrogens with one attached hydrogen (secondary N) is 2. The second kappa shape index (κ2) is 15.6. The highest BCUT2D eigenvalue weighted by Gasteiger charge is 2.19. The van der Waals surface area contributed by atoms with Gasteiger partial charge in [0, 0.05) is 80.2 Å². The smallest absolute Gasteiger partial charge is 0.129 e. The number of benzene rings is 2. The van der Waals surface area contributed by atoms with E-state index in [0.29, 0.717) is 0 Å². The highest BCUT2D eigenvalue weighted by Crippen LogP contribution is 2.38. The Hall–Kier alpha value is -7.11. The summed E-state index contributed by atoms with van der Waals surface area (Å²) in [5.41, 5.74) is 24.2. The fourth-order valence-corrected chi connectivity index (χ4v) is 8.52. The molecule has 5 aromatic heterocycles. The fourth-order valence-electron chi connectivity index (χ4n) is 7.48. The van der Waals surface area contributed by atoms with E-state index in [0.717, 1.165) is 100 Å². The van der Waals surface area contributed by atoms with E-state index in [1.165, 1.54) is 0 Å². The Morgan fingerprint density at radius 1 is 0.400 bits per heavy atom. The molecule has 7 aromatic rings. The molecule has 2 aromatic carbocycles. The summed E-state index contributed by atoms with van der Waals surface area (Å²) in [6, 6.07) is 33.8. The fraction of sp³-hybridized carbons (Fsp3) is 0.115. The van der Waals surface area contributed by atoms with Crippen LogP contribution in [0.4, 0.5) is 0 Å². The molecule has 0 fully saturated rings. The molecule has 7 heterocycles. The van der Waals surface area contributed by atoms with Crippen molar-refractivity contribution in [3.05, 3.63) is 156 Å². The second-order valence-corrected chi connectivity index (χ2v) is 26.6. The maximum Gasteiger partial charge on any atom is 0.129 e. The van der Waals surface area contributed by atoms with Crippen molar-refractivity contribution in [2.24, 2.45) is 0 Å². The van der Waals surface area contributed by atoms with Gasteiger partial charge in [0.25, 0.3) is 0 Å². The molecule has 8 bridgehead atoms. The van der Waals surface area contributed by atoms with Gasteiger partial charge in [0.1, 0.15) is 16.1 Å². The first kappa shape index (κ1) is 38.4. The van der Waals surface area contributed by atoms with Gasteiger partial charge in [-0.1, -0.05) is 75.4 Å². The summed E-state index contributed by atoms with van der Waals surface area (Å²) in [6.07, 6.45) is 15.8. The van der Waals surface area contributed by atoms with Gasteiger partial charge in [-0.05, 0) is 119 Å². The number of hydrogen-bond donors (Lipinski definition) is 2. The molecule has 2 aliphatic heterocycles. The van der Waals surface area contributed by atoms with E-state index in [1.807, 2.05) is 49.1 Å². The molecule has 2 N–H and O–H groups in total. The van der Waals surface area contributed by atoms with Gasteiger partial charge >= 0.3 is 0 Å². The number of fused-ring (bicyclic) bond motifs is 8. The zero-order valence-electron chi connectivity index (χ0n) is 34.6. The van der Waals surface area contributed by atoms with Crippen molar-refractivity contribution in [3.8, 4) is 67.4 Å². The molecule has 290 valence electrons. The molecule has 0 saturated heterocycles. The lowest BCUT2D eigenvalue weighted by Crippen LogP contribution is -2.16. The summed E-state index contributed by atoms with van der Waals surface area (Å²) >= 11 is 0. The summed E-state index contributed by atoms with van der Waals surface area (Å²) in [5.74, 6) is 6.96. The van der Waals surface area contributed by atoms with E-state index in [-0.39, 0.29) is 0 Å². The average Bonchev–Trinajstić information content (AvgIpc) is 4.08. The molecule has 60 heavy (non-hydrogen) atoms. The van der Waals surface area contributed by atoms with Crippen molar-refractivity contribution < 1.29 is 0 Å². The van der Waals surface area contributed by atoms with Crippen molar-refractivity contribution in [3.63, 3.8) is 0 Å². The van der Waals surface area contributed by atoms with E-state index >= 15 is 0 Å². The zero-order valence-corrected chi connectivity index (χ0v) is 36.6. The molecule has 0 aliphatic carbocycles. The molecule has 0 unspecified atom stereocenters. The quantitative estimate of drug-likeness (QED) is 0.137. The van der Waals surface area contributed by atoms with E-state index in [2.05, 4.69) is 179 Å². The summed E-state index contributed by atoms with van der Waals surface area (Å²) in [5, 5.41) is 0. The number of nitrogens with zero attached hydrogens (tertiary/aromatic N) is 4. The van der Waals surface area contributed by atoms with E-state index < -0.39 is 16.1 Å². The van der Waals surface area contributed by atoms with Crippen LogP contribution >= 0.6 is 0 Å². The van der Waals surface area contributed by atoms with Gasteiger partial charge in [0.05, 0.1) is 22.8 Å². The highest BCUT2D eigenvalue weighted by molar-refractivity contribution is 6.84. The van der Waals surface area contributed by atoms with E-state index in [1.54, 1.807) is 0 Å². The molecule has 0 saturated carbocycles. The first-order valence-electron chi connectivity index (χ1n) is 20.2. The highest BCUT2D eigenvalue weighted by atomic mass is 28.3. The molecule has 8 heteroatoms. The molecular formula is C52H44N6Si2. The lowest BCUT2D eigenvalue weighted by Gasteiger charge is -2.08. The van der Waals surface area contributed by atoms with E-state index in [9.17, 15) is 0 Å². The predicted molar refractivity (Wildman–Crippen MR) is 257 cm³/mol. The lowest BCUT2D eigenvalue weighted by atomic mass is 10.0. The monoisotopic (exact) mass is 808 g/mol. The third-order valence-corrected chi connectivity index (χ3v) is 11.9. The maximum absolute atomic E-state index is 5.45. The topological polar surface area (TPSA) is 83.1 Å². The zero-order chi connectivity index (χ0) is 41.4. The third-order valence-electron chi connectivity index (χ3n) is 10.2. The number of pyridine rings is 2. The van der Waals surface area contributed by atoms with Crippen LogP contribution in [-0.4, -0.2) is 46.1 Å². The molecule has 0 amide bonds. The van der Waals surface area contributed by atoms with Gasteiger partial charge < -0.3 is 9.97 Å². The molecule has 0 radical (unpaired) electrons. The van der Waals surface area contributed by atoms with Gasteiger partial charge in [-0.25, -0.2) is 9.97 Å². The number of H-pyrrole nitrogens is 2. The Balaban J connectivity index is 1.42. The average molecular weight is 809 g/mol. The van der Waals surface area contributed by atoms with Crippen molar-refractivity contribution in [2.45, 2.75) is 39.3 Å². The number of aromatic amines is 2. The lowest BCUT2D eigenvalue weighted by molar-refractivity contribution is 1.29. The molecular weight excluding hydrogens is 765 g/mol. The van der Waals surface area contributed by atoms with Gasteiger partial charge in [0.15, 0.2) is 0 Å². The van der Waals surface area contributed by atoms with Gasteiger partial charge in [-0.3, -0.25) is 9.97 Å². The number of rotatable bonds is 4. The Morgan fingerprint density at radius 2 is 0.733 bits per heavy atom. The van der Waals surface area contributed by atoms with Crippen LogP contribution in [0.25, 0.3) is 90.9 Å². The standard InChI is InChI=1S/C52H44N6Si2/c1-59(2,3)31-25-35-9-7-11-39(33-35)51-45-17-13-41(55-45)49(37-21-27-53-28-22-37)43-15-19-47(57-43)52(40-12-8-10-36(34-40)26-32-60(4,5)6)48-20-16-44(58-48)50(38-23-29-54-30-24-38)42-14-18-46(51)56-42/h7-24,27-30,33-34,55,58H,1-6H3. The van der Waals surface area contributed by atoms with Crippen LogP contribution in [0.2, 0.25) is 39.3 Å². The third kappa shape index (κ3) is 8.12. The Labute approximate surface area is 353 Å². The minimum atomic E-state index is -1.60. The minimum Gasteiger partial charge on any atom is -0.354 e. The second-order valence-electron chi connectivity index (χ2n) is 17.1.